The molecule has 0 atom stereocenters. The zero-order valence-corrected chi connectivity index (χ0v) is 13.0. The lowest BCUT2D eigenvalue weighted by Crippen LogP contribution is -2.40. The van der Waals surface area contributed by atoms with Crippen LogP contribution in [0.5, 0.6) is 0 Å². The van der Waals surface area contributed by atoms with Crippen LogP contribution in [0.1, 0.15) is 33.3 Å². The summed E-state index contributed by atoms with van der Waals surface area (Å²) in [6.07, 6.45) is -4.41. The fraction of sp³-hybridized carbons (Fsp3) is 0.600. The maximum Gasteiger partial charge on any atom is 0.418 e. The number of alkyl halides is 3. The monoisotopic (exact) mass is 303 g/mol. The van der Waals surface area contributed by atoms with Crippen LogP contribution in [0.3, 0.4) is 0 Å². The molecule has 1 aromatic rings. The molecule has 0 fully saturated rings. The van der Waals surface area contributed by atoms with Crippen molar-refractivity contribution in [3.8, 4) is 0 Å². The smallest absolute Gasteiger partial charge is 0.399 e. The molecule has 0 aliphatic heterocycles. The Morgan fingerprint density at radius 2 is 1.71 bits per heavy atom. The second-order valence-corrected chi connectivity index (χ2v) is 5.65. The van der Waals surface area contributed by atoms with E-state index in [1.165, 1.54) is 12.1 Å². The summed E-state index contributed by atoms with van der Waals surface area (Å²) in [5.74, 6) is 0. The Morgan fingerprint density at radius 3 is 2.19 bits per heavy atom. The van der Waals surface area contributed by atoms with Gasteiger partial charge in [0, 0.05) is 36.5 Å². The molecule has 0 radical (unpaired) electrons. The lowest BCUT2D eigenvalue weighted by Gasteiger charge is -2.30. The Labute approximate surface area is 124 Å². The van der Waals surface area contributed by atoms with Gasteiger partial charge < -0.3 is 11.1 Å². The molecule has 0 aliphatic rings. The van der Waals surface area contributed by atoms with Crippen molar-refractivity contribution in [1.82, 2.24) is 4.90 Å². The Balaban J connectivity index is 2.76. The fourth-order valence-electron chi connectivity index (χ4n) is 2.38. The summed E-state index contributed by atoms with van der Waals surface area (Å²) >= 11 is 0. The van der Waals surface area contributed by atoms with Crippen LogP contribution >= 0.6 is 0 Å². The highest BCUT2D eigenvalue weighted by Gasteiger charge is 2.33. The molecule has 0 aliphatic carbocycles. The van der Waals surface area contributed by atoms with Crippen LogP contribution in [-0.4, -0.2) is 30.1 Å². The van der Waals surface area contributed by atoms with Gasteiger partial charge >= 0.3 is 6.18 Å². The average Bonchev–Trinajstić information content (AvgIpc) is 2.33. The van der Waals surface area contributed by atoms with Gasteiger partial charge in [0.2, 0.25) is 0 Å². The number of nitrogen functional groups attached to an aromatic ring is 1. The molecule has 21 heavy (non-hydrogen) atoms. The van der Waals surface area contributed by atoms with E-state index in [4.69, 9.17) is 5.73 Å². The summed E-state index contributed by atoms with van der Waals surface area (Å²) in [5, 5.41) is 2.87. The standard InChI is InChI=1S/C15H24F3N3/c1-10(2)21(11(3)4)8-7-20-14-6-5-12(19)9-13(14)15(16,17)18/h5-6,9-11,20H,7-8,19H2,1-4H3. The van der Waals surface area contributed by atoms with Crippen molar-refractivity contribution in [2.24, 2.45) is 0 Å². The van der Waals surface area contributed by atoms with Gasteiger partial charge in [0.15, 0.2) is 0 Å². The summed E-state index contributed by atoms with van der Waals surface area (Å²) in [4.78, 5) is 2.22. The van der Waals surface area contributed by atoms with E-state index in [9.17, 15) is 13.2 Å². The van der Waals surface area contributed by atoms with E-state index in [1.54, 1.807) is 0 Å². The maximum absolute atomic E-state index is 13.0. The second kappa shape index (κ2) is 7.02. The SMILES string of the molecule is CC(C)N(CCNc1ccc(N)cc1C(F)(F)F)C(C)C. The minimum atomic E-state index is -4.41. The molecule has 1 aromatic carbocycles. The molecule has 0 amide bonds. The molecule has 3 N–H and O–H groups in total. The number of hydrogen-bond donors (Lipinski definition) is 2. The highest BCUT2D eigenvalue weighted by molar-refractivity contribution is 5.59. The van der Waals surface area contributed by atoms with Gasteiger partial charge in [0.1, 0.15) is 0 Å². The highest BCUT2D eigenvalue weighted by atomic mass is 19.4. The molecule has 0 spiro atoms. The van der Waals surface area contributed by atoms with Crippen LogP contribution in [0.2, 0.25) is 0 Å². The number of hydrogen-bond acceptors (Lipinski definition) is 3. The van der Waals surface area contributed by atoms with Crippen LogP contribution < -0.4 is 11.1 Å². The van der Waals surface area contributed by atoms with Crippen molar-refractivity contribution in [3.63, 3.8) is 0 Å². The number of nitrogens with two attached hydrogens (primary N) is 1. The number of rotatable bonds is 6. The first-order valence-corrected chi connectivity index (χ1v) is 7.09. The van der Waals surface area contributed by atoms with E-state index in [-0.39, 0.29) is 11.4 Å². The van der Waals surface area contributed by atoms with Crippen LogP contribution in [-0.2, 0) is 6.18 Å². The predicted molar refractivity (Wildman–Crippen MR) is 81.3 cm³/mol. The quantitative estimate of drug-likeness (QED) is 0.785. The summed E-state index contributed by atoms with van der Waals surface area (Å²) in [6, 6.07) is 4.51. The van der Waals surface area contributed by atoms with Gasteiger partial charge in [-0.25, -0.2) is 0 Å². The molecule has 0 saturated heterocycles. The average molecular weight is 303 g/mol. The summed E-state index contributed by atoms with van der Waals surface area (Å²) in [7, 11) is 0. The Kier molecular flexibility index (Phi) is 5.89. The lowest BCUT2D eigenvalue weighted by molar-refractivity contribution is -0.136. The molecule has 1 rings (SSSR count). The van der Waals surface area contributed by atoms with Gasteiger partial charge in [-0.15, -0.1) is 0 Å². The first kappa shape index (κ1) is 17.6. The van der Waals surface area contributed by atoms with Crippen molar-refractivity contribution in [2.75, 3.05) is 24.1 Å². The Morgan fingerprint density at radius 1 is 1.14 bits per heavy atom. The first-order valence-electron chi connectivity index (χ1n) is 7.09. The Hall–Kier alpha value is -1.43. The van der Waals surface area contributed by atoms with E-state index in [0.29, 0.717) is 25.2 Å². The molecule has 0 heterocycles. The summed E-state index contributed by atoms with van der Waals surface area (Å²) in [5.41, 5.74) is 4.91. The highest BCUT2D eigenvalue weighted by Crippen LogP contribution is 2.35. The molecule has 3 nitrogen and oxygen atoms in total. The molecule has 6 heteroatoms. The number of nitrogens with one attached hydrogen (secondary N) is 1. The number of anilines is 2. The third-order valence-corrected chi connectivity index (χ3v) is 3.36. The minimum Gasteiger partial charge on any atom is -0.399 e. The van der Waals surface area contributed by atoms with Gasteiger partial charge in [-0.2, -0.15) is 13.2 Å². The van der Waals surface area contributed by atoms with E-state index in [0.717, 1.165) is 6.07 Å². The third-order valence-electron chi connectivity index (χ3n) is 3.36. The third kappa shape index (κ3) is 5.12. The predicted octanol–water partition coefficient (Wildman–Crippen LogP) is 3.82. The molecule has 0 saturated carbocycles. The number of halogens is 3. The minimum absolute atomic E-state index is 0.0733. The Bertz CT molecular complexity index is 448. The van der Waals surface area contributed by atoms with Crippen LogP contribution in [0.4, 0.5) is 24.5 Å². The molecule has 0 aromatic heterocycles. The van der Waals surface area contributed by atoms with Crippen LogP contribution in [0, 0.1) is 0 Å². The van der Waals surface area contributed by atoms with Gasteiger partial charge in [-0.1, -0.05) is 0 Å². The fourth-order valence-corrected chi connectivity index (χ4v) is 2.38. The van der Waals surface area contributed by atoms with Crippen molar-refractivity contribution in [2.45, 2.75) is 46.0 Å². The molecule has 120 valence electrons. The summed E-state index contributed by atoms with van der Waals surface area (Å²) in [6.45, 7) is 9.42. The van der Waals surface area contributed by atoms with Gasteiger partial charge in [0.05, 0.1) is 5.56 Å². The topological polar surface area (TPSA) is 41.3 Å². The van der Waals surface area contributed by atoms with Crippen LogP contribution in [0.15, 0.2) is 18.2 Å². The van der Waals surface area contributed by atoms with Gasteiger partial charge in [-0.05, 0) is 45.9 Å². The molecular weight excluding hydrogens is 279 g/mol. The van der Waals surface area contributed by atoms with Crippen molar-refractivity contribution >= 4 is 11.4 Å². The van der Waals surface area contributed by atoms with E-state index >= 15 is 0 Å². The molecule has 0 bridgehead atoms. The van der Waals surface area contributed by atoms with Gasteiger partial charge in [0.25, 0.3) is 0 Å². The van der Waals surface area contributed by atoms with Crippen molar-refractivity contribution < 1.29 is 13.2 Å². The second-order valence-electron chi connectivity index (χ2n) is 5.65. The molecular formula is C15H24F3N3. The van der Waals surface area contributed by atoms with E-state index in [1.807, 2.05) is 0 Å². The normalized spacial score (nSPS) is 12.5. The lowest BCUT2D eigenvalue weighted by atomic mass is 10.1. The van der Waals surface area contributed by atoms with Crippen LogP contribution in [0.25, 0.3) is 0 Å². The van der Waals surface area contributed by atoms with Crippen molar-refractivity contribution in [3.05, 3.63) is 23.8 Å². The largest absolute Gasteiger partial charge is 0.418 e. The maximum atomic E-state index is 13.0. The molecule has 0 unspecified atom stereocenters. The van der Waals surface area contributed by atoms with Gasteiger partial charge in [-0.3, -0.25) is 4.90 Å². The van der Waals surface area contributed by atoms with Crippen molar-refractivity contribution in [1.29, 1.82) is 0 Å². The first-order chi connectivity index (χ1) is 9.62. The number of benzene rings is 1. The van der Waals surface area contributed by atoms with E-state index in [2.05, 4.69) is 37.9 Å². The zero-order valence-electron chi connectivity index (χ0n) is 13.0. The van der Waals surface area contributed by atoms with E-state index < -0.39 is 11.7 Å². The summed E-state index contributed by atoms with van der Waals surface area (Å²) < 4.78 is 38.9. The zero-order chi connectivity index (χ0) is 16.2. The number of nitrogens with zero attached hydrogens (tertiary/aromatic N) is 1.